The molecule has 9 rings (SSSR count). The first-order valence-electron chi connectivity index (χ1n) is 18.9. The molecule has 1 aliphatic heterocycles. The molecule has 0 aliphatic carbocycles. The van der Waals surface area contributed by atoms with Gasteiger partial charge in [-0.2, -0.15) is 0 Å². The predicted molar refractivity (Wildman–Crippen MR) is 214 cm³/mol. The molecule has 0 saturated carbocycles. The van der Waals surface area contributed by atoms with Crippen molar-refractivity contribution in [3.63, 3.8) is 0 Å². The SMILES string of the molecule is c1cc2ccc3ccc(CN4CCOCCOCCN(Cc5ccc6ccc7cccc8ccc5c6c78)CCOCCOCC4)c4ccc(c1)c2c34. The molecule has 0 atom stereocenters. The molecular formula is C46H46N2O4. The molecule has 1 saturated heterocycles. The Morgan fingerprint density at radius 1 is 0.327 bits per heavy atom. The van der Waals surface area contributed by atoms with Crippen molar-refractivity contribution >= 4 is 64.6 Å². The monoisotopic (exact) mass is 690 g/mol. The molecule has 0 aromatic heterocycles. The molecule has 6 nitrogen and oxygen atoms in total. The zero-order valence-electron chi connectivity index (χ0n) is 29.8. The lowest BCUT2D eigenvalue weighted by Crippen LogP contribution is -2.32. The topological polar surface area (TPSA) is 43.4 Å². The lowest BCUT2D eigenvalue weighted by molar-refractivity contribution is 0.00633. The van der Waals surface area contributed by atoms with Crippen molar-refractivity contribution in [1.82, 2.24) is 9.80 Å². The van der Waals surface area contributed by atoms with Gasteiger partial charge in [-0.15, -0.1) is 0 Å². The summed E-state index contributed by atoms with van der Waals surface area (Å²) in [4.78, 5) is 4.90. The second kappa shape index (κ2) is 15.3. The van der Waals surface area contributed by atoms with E-state index in [0.29, 0.717) is 52.9 Å². The van der Waals surface area contributed by atoms with Crippen molar-refractivity contribution in [2.24, 2.45) is 0 Å². The molecular weight excluding hydrogens is 645 g/mol. The van der Waals surface area contributed by atoms with E-state index in [-0.39, 0.29) is 0 Å². The van der Waals surface area contributed by atoms with Gasteiger partial charge in [0.15, 0.2) is 0 Å². The van der Waals surface area contributed by atoms with E-state index >= 15 is 0 Å². The van der Waals surface area contributed by atoms with E-state index in [0.717, 1.165) is 39.3 Å². The molecule has 1 heterocycles. The van der Waals surface area contributed by atoms with E-state index < -0.39 is 0 Å². The maximum Gasteiger partial charge on any atom is 0.0701 e. The molecule has 0 amide bonds. The Morgan fingerprint density at radius 2 is 0.635 bits per heavy atom. The molecule has 8 aromatic carbocycles. The molecule has 8 aromatic rings. The Hall–Kier alpha value is -4.40. The van der Waals surface area contributed by atoms with Gasteiger partial charge in [-0.3, -0.25) is 9.80 Å². The highest BCUT2D eigenvalue weighted by Gasteiger charge is 2.16. The van der Waals surface area contributed by atoms with Crippen molar-refractivity contribution in [2.45, 2.75) is 13.1 Å². The van der Waals surface area contributed by atoms with Crippen LogP contribution in [0.3, 0.4) is 0 Å². The van der Waals surface area contributed by atoms with Gasteiger partial charge in [0.25, 0.3) is 0 Å². The Kier molecular flexibility index (Phi) is 9.83. The molecule has 0 radical (unpaired) electrons. The maximum atomic E-state index is 6.11. The summed E-state index contributed by atoms with van der Waals surface area (Å²) in [6.07, 6.45) is 0. The lowest BCUT2D eigenvalue weighted by atomic mass is 9.92. The number of rotatable bonds is 4. The van der Waals surface area contributed by atoms with Gasteiger partial charge >= 0.3 is 0 Å². The van der Waals surface area contributed by atoms with Crippen LogP contribution in [-0.2, 0) is 32.0 Å². The first-order chi connectivity index (χ1) is 25.8. The molecule has 0 unspecified atom stereocenters. The third-order valence-electron chi connectivity index (χ3n) is 11.0. The van der Waals surface area contributed by atoms with Crippen LogP contribution < -0.4 is 0 Å². The van der Waals surface area contributed by atoms with Gasteiger partial charge in [-0.05, 0) is 75.8 Å². The number of benzene rings is 8. The predicted octanol–water partition coefficient (Wildman–Crippen LogP) is 8.87. The molecule has 1 fully saturated rings. The van der Waals surface area contributed by atoms with Crippen LogP contribution in [0.4, 0.5) is 0 Å². The smallest absolute Gasteiger partial charge is 0.0701 e. The average Bonchev–Trinajstić information content (AvgIpc) is 3.18. The Bertz CT molecular complexity index is 2200. The minimum Gasteiger partial charge on any atom is -0.378 e. The molecule has 0 N–H and O–H groups in total. The highest BCUT2D eigenvalue weighted by molar-refractivity contribution is 6.24. The van der Waals surface area contributed by atoms with E-state index in [1.807, 2.05) is 0 Å². The van der Waals surface area contributed by atoms with Gasteiger partial charge in [0.05, 0.1) is 52.9 Å². The maximum absolute atomic E-state index is 6.11. The third-order valence-corrected chi connectivity index (χ3v) is 11.0. The van der Waals surface area contributed by atoms with E-state index in [2.05, 4.69) is 119 Å². The summed E-state index contributed by atoms with van der Waals surface area (Å²) >= 11 is 0. The highest BCUT2D eigenvalue weighted by atomic mass is 16.5. The quantitative estimate of drug-likeness (QED) is 0.172. The zero-order valence-corrected chi connectivity index (χ0v) is 29.8. The molecule has 1 aliphatic rings. The van der Waals surface area contributed by atoms with Crippen LogP contribution in [0.15, 0.2) is 109 Å². The summed E-state index contributed by atoms with van der Waals surface area (Å²) in [5.74, 6) is 0. The van der Waals surface area contributed by atoms with Crippen molar-refractivity contribution < 1.29 is 18.9 Å². The van der Waals surface area contributed by atoms with E-state index in [1.54, 1.807) is 0 Å². The van der Waals surface area contributed by atoms with Crippen LogP contribution in [0, 0.1) is 0 Å². The standard InChI is InChI=1S/C46H46N2O4/c1-3-33-7-9-37-11-13-39(41-17-15-35(5-1)43(33)45(37)41)31-47-19-23-49-27-29-51-25-21-48(22-26-52-30-28-50-24-20-47)32-40-14-12-38-10-8-34-4-2-6-36-16-18-42(40)46(38)44(34)36/h1-18H,19-32H2. The number of nitrogens with zero attached hydrogens (tertiary/aromatic N) is 2. The van der Waals surface area contributed by atoms with Gasteiger partial charge in [-0.1, -0.05) is 109 Å². The lowest BCUT2D eigenvalue weighted by Gasteiger charge is -2.25. The van der Waals surface area contributed by atoms with Crippen molar-refractivity contribution in [3.05, 3.63) is 120 Å². The fourth-order valence-electron chi connectivity index (χ4n) is 8.31. The molecule has 0 bridgehead atoms. The number of hydrogen-bond donors (Lipinski definition) is 0. The molecule has 52 heavy (non-hydrogen) atoms. The molecule has 264 valence electrons. The fraction of sp³-hybridized carbons (Fsp3) is 0.304. The van der Waals surface area contributed by atoms with Gasteiger partial charge in [0.2, 0.25) is 0 Å². The minimum absolute atomic E-state index is 0.585. The summed E-state index contributed by atoms with van der Waals surface area (Å²) in [6.45, 7) is 9.94. The summed E-state index contributed by atoms with van der Waals surface area (Å²) in [5, 5.41) is 15.9. The Balaban J connectivity index is 0.840. The fourth-order valence-corrected chi connectivity index (χ4v) is 8.31. The zero-order chi connectivity index (χ0) is 34.7. The second-order valence-corrected chi connectivity index (χ2v) is 14.2. The van der Waals surface area contributed by atoms with Crippen LogP contribution in [0.1, 0.15) is 11.1 Å². The van der Waals surface area contributed by atoms with Crippen molar-refractivity contribution in [2.75, 3.05) is 79.0 Å². The van der Waals surface area contributed by atoms with Crippen molar-refractivity contribution in [1.29, 1.82) is 0 Å². The average molecular weight is 691 g/mol. The van der Waals surface area contributed by atoms with Crippen LogP contribution in [0.5, 0.6) is 0 Å². The van der Waals surface area contributed by atoms with Crippen LogP contribution in [0.2, 0.25) is 0 Å². The van der Waals surface area contributed by atoms with Gasteiger partial charge in [-0.25, -0.2) is 0 Å². The van der Waals surface area contributed by atoms with Crippen molar-refractivity contribution in [3.8, 4) is 0 Å². The first-order valence-corrected chi connectivity index (χ1v) is 18.9. The summed E-state index contributed by atoms with van der Waals surface area (Å²) in [5.41, 5.74) is 2.68. The minimum atomic E-state index is 0.585. The van der Waals surface area contributed by atoms with Crippen LogP contribution in [-0.4, -0.2) is 88.8 Å². The normalized spacial score (nSPS) is 17.5. The van der Waals surface area contributed by atoms with Gasteiger partial charge in [0, 0.05) is 39.3 Å². The summed E-state index contributed by atoms with van der Waals surface area (Å²) in [7, 11) is 0. The number of hydrogen-bond acceptors (Lipinski definition) is 6. The first kappa shape index (κ1) is 33.4. The third kappa shape index (κ3) is 6.79. The Morgan fingerprint density at radius 3 is 1.00 bits per heavy atom. The van der Waals surface area contributed by atoms with Crippen LogP contribution >= 0.6 is 0 Å². The summed E-state index contributed by atoms with van der Waals surface area (Å²) < 4.78 is 24.5. The number of ether oxygens (including phenoxy) is 4. The second-order valence-electron chi connectivity index (χ2n) is 14.2. The van der Waals surface area contributed by atoms with Crippen LogP contribution in [0.25, 0.3) is 64.6 Å². The van der Waals surface area contributed by atoms with Gasteiger partial charge in [0.1, 0.15) is 0 Å². The van der Waals surface area contributed by atoms with E-state index in [1.165, 1.54) is 75.8 Å². The van der Waals surface area contributed by atoms with E-state index in [9.17, 15) is 0 Å². The largest absolute Gasteiger partial charge is 0.378 e. The molecule has 6 heteroatoms. The van der Waals surface area contributed by atoms with E-state index in [4.69, 9.17) is 18.9 Å². The Labute approximate surface area is 305 Å². The summed E-state index contributed by atoms with van der Waals surface area (Å²) in [6, 6.07) is 40.4. The van der Waals surface area contributed by atoms with Gasteiger partial charge < -0.3 is 18.9 Å². The highest BCUT2D eigenvalue weighted by Crippen LogP contribution is 2.37. The molecule has 0 spiro atoms.